The van der Waals surface area contributed by atoms with Crippen LogP contribution in [0.3, 0.4) is 0 Å². The fourth-order valence-corrected chi connectivity index (χ4v) is 3.25. The lowest BCUT2D eigenvalue weighted by atomic mass is 10.1. The number of rotatable bonds is 5. The van der Waals surface area contributed by atoms with Crippen LogP contribution in [0.2, 0.25) is 0 Å². The summed E-state index contributed by atoms with van der Waals surface area (Å²) in [4.78, 5) is 28.6. The topological polar surface area (TPSA) is 77.5 Å². The van der Waals surface area contributed by atoms with Crippen LogP contribution in [0.5, 0.6) is 5.75 Å². The second-order valence-corrected chi connectivity index (χ2v) is 6.27. The van der Waals surface area contributed by atoms with Gasteiger partial charge in [0, 0.05) is 31.0 Å². The minimum absolute atomic E-state index is 0.0607. The molecule has 2 aliphatic rings. The van der Waals surface area contributed by atoms with Gasteiger partial charge in [-0.15, -0.1) is 0 Å². The number of carbonyl (C=O) groups is 2. The van der Waals surface area contributed by atoms with Crippen molar-refractivity contribution in [1.82, 2.24) is 0 Å². The number of ether oxygens (including phenoxy) is 4. The fourth-order valence-electron chi connectivity index (χ4n) is 3.25. The minimum Gasteiger partial charge on any atom is -0.495 e. The summed E-state index contributed by atoms with van der Waals surface area (Å²) in [6, 6.07) is 5.61. The van der Waals surface area contributed by atoms with E-state index in [-0.39, 0.29) is 11.3 Å². The van der Waals surface area contributed by atoms with Gasteiger partial charge in [-0.05, 0) is 24.3 Å². The van der Waals surface area contributed by atoms with Crippen LogP contribution in [0.4, 0.5) is 11.4 Å². The number of benzene rings is 1. The van der Waals surface area contributed by atoms with Crippen molar-refractivity contribution in [3.8, 4) is 5.75 Å². The summed E-state index contributed by atoms with van der Waals surface area (Å²) in [6.07, 6.45) is 6.59. The van der Waals surface area contributed by atoms with Crippen molar-refractivity contribution < 1.29 is 28.5 Å². The standard InChI is InChI=1S/C21H24N2O6/c1-26-18-14-15(7-8-17(18)22-10-12-29-13-11-22)23-9-5-4-6-16(20(24)27-2)19(23)21(25)28-3/h4-9,14H,10-13H2,1-3H3. The lowest BCUT2D eigenvalue weighted by molar-refractivity contribution is -0.139. The molecule has 2 heterocycles. The van der Waals surface area contributed by atoms with Gasteiger partial charge in [-0.2, -0.15) is 0 Å². The molecule has 0 aliphatic carbocycles. The summed E-state index contributed by atoms with van der Waals surface area (Å²) in [5.41, 5.74) is 1.74. The molecular weight excluding hydrogens is 376 g/mol. The van der Waals surface area contributed by atoms with Crippen molar-refractivity contribution >= 4 is 23.3 Å². The molecule has 1 aromatic carbocycles. The molecule has 0 aromatic heterocycles. The number of anilines is 2. The Morgan fingerprint density at radius 1 is 1.00 bits per heavy atom. The van der Waals surface area contributed by atoms with Crippen molar-refractivity contribution in [1.29, 1.82) is 0 Å². The van der Waals surface area contributed by atoms with Gasteiger partial charge in [-0.3, -0.25) is 0 Å². The summed E-state index contributed by atoms with van der Waals surface area (Å²) in [5, 5.41) is 0. The quantitative estimate of drug-likeness (QED) is 0.695. The molecule has 1 fully saturated rings. The Balaban J connectivity index is 2.07. The summed E-state index contributed by atoms with van der Waals surface area (Å²) >= 11 is 0. The van der Waals surface area contributed by atoms with Crippen LogP contribution in [-0.4, -0.2) is 59.6 Å². The average Bonchev–Trinajstić information content (AvgIpc) is 3.01. The van der Waals surface area contributed by atoms with Crippen molar-refractivity contribution in [2.45, 2.75) is 0 Å². The van der Waals surface area contributed by atoms with Gasteiger partial charge in [0.1, 0.15) is 11.4 Å². The third-order valence-corrected chi connectivity index (χ3v) is 4.68. The molecule has 29 heavy (non-hydrogen) atoms. The zero-order valence-corrected chi connectivity index (χ0v) is 16.7. The van der Waals surface area contributed by atoms with Gasteiger partial charge in [-0.1, -0.05) is 6.08 Å². The van der Waals surface area contributed by atoms with Crippen LogP contribution in [0.25, 0.3) is 0 Å². The van der Waals surface area contributed by atoms with E-state index in [1.54, 1.807) is 30.4 Å². The molecule has 1 aromatic rings. The second-order valence-electron chi connectivity index (χ2n) is 6.27. The molecule has 0 saturated carbocycles. The normalized spacial score (nSPS) is 16.5. The highest BCUT2D eigenvalue weighted by atomic mass is 16.5. The van der Waals surface area contributed by atoms with Gasteiger partial charge in [0.2, 0.25) is 0 Å². The van der Waals surface area contributed by atoms with E-state index < -0.39 is 11.9 Å². The molecule has 0 radical (unpaired) electrons. The van der Waals surface area contributed by atoms with E-state index in [1.807, 2.05) is 18.2 Å². The molecule has 1 saturated heterocycles. The molecule has 154 valence electrons. The summed E-state index contributed by atoms with van der Waals surface area (Å²) in [6.45, 7) is 2.85. The Morgan fingerprint density at radius 2 is 1.72 bits per heavy atom. The van der Waals surface area contributed by atoms with Crippen LogP contribution in [0.1, 0.15) is 0 Å². The maximum Gasteiger partial charge on any atom is 0.355 e. The van der Waals surface area contributed by atoms with E-state index in [0.29, 0.717) is 24.7 Å². The largest absolute Gasteiger partial charge is 0.495 e. The smallest absolute Gasteiger partial charge is 0.355 e. The van der Waals surface area contributed by atoms with Gasteiger partial charge in [-0.25, -0.2) is 9.59 Å². The number of carbonyl (C=O) groups excluding carboxylic acids is 2. The first kappa shape index (κ1) is 20.5. The molecule has 0 amide bonds. The van der Waals surface area contributed by atoms with Crippen LogP contribution in [0, 0.1) is 0 Å². The van der Waals surface area contributed by atoms with Gasteiger partial charge in [0.05, 0.1) is 45.8 Å². The first-order valence-electron chi connectivity index (χ1n) is 9.16. The van der Waals surface area contributed by atoms with E-state index in [2.05, 4.69) is 4.90 Å². The Labute approximate surface area is 169 Å². The summed E-state index contributed by atoms with van der Waals surface area (Å²) < 4.78 is 20.8. The number of hydrogen-bond donors (Lipinski definition) is 0. The third kappa shape index (κ3) is 4.27. The van der Waals surface area contributed by atoms with E-state index in [1.165, 1.54) is 20.3 Å². The van der Waals surface area contributed by atoms with Crippen molar-refractivity contribution in [2.24, 2.45) is 0 Å². The first-order chi connectivity index (χ1) is 14.1. The fraction of sp³-hybridized carbons (Fsp3) is 0.333. The zero-order chi connectivity index (χ0) is 20.8. The molecule has 3 rings (SSSR count). The maximum atomic E-state index is 12.6. The molecule has 0 N–H and O–H groups in total. The predicted octanol–water partition coefficient (Wildman–Crippen LogP) is 2.02. The molecule has 0 atom stereocenters. The summed E-state index contributed by atoms with van der Waals surface area (Å²) in [5.74, 6) is -0.635. The van der Waals surface area contributed by atoms with Gasteiger partial charge < -0.3 is 28.7 Å². The monoisotopic (exact) mass is 400 g/mol. The number of hydrogen-bond acceptors (Lipinski definition) is 8. The Hall–Kier alpha value is -3.26. The van der Waals surface area contributed by atoms with Crippen LogP contribution in [-0.2, 0) is 23.8 Å². The molecule has 0 bridgehead atoms. The molecule has 0 unspecified atom stereocenters. The maximum absolute atomic E-state index is 12.6. The number of methoxy groups -OCH3 is 3. The minimum atomic E-state index is -0.655. The van der Waals surface area contributed by atoms with E-state index in [9.17, 15) is 9.59 Å². The highest BCUT2D eigenvalue weighted by Crippen LogP contribution is 2.35. The average molecular weight is 400 g/mol. The SMILES string of the molecule is COC(=O)C1=C(C(=O)OC)N(c2ccc(N3CCOCC3)c(OC)c2)C=CC=C1. The van der Waals surface area contributed by atoms with Gasteiger partial charge >= 0.3 is 11.9 Å². The third-order valence-electron chi connectivity index (χ3n) is 4.68. The summed E-state index contributed by atoms with van der Waals surface area (Å²) in [7, 11) is 4.13. The van der Waals surface area contributed by atoms with E-state index in [0.717, 1.165) is 18.8 Å². The van der Waals surface area contributed by atoms with Crippen LogP contribution in [0.15, 0.2) is 53.9 Å². The predicted molar refractivity (Wildman–Crippen MR) is 108 cm³/mol. The number of nitrogens with zero attached hydrogens (tertiary/aromatic N) is 2. The Morgan fingerprint density at radius 3 is 2.38 bits per heavy atom. The van der Waals surface area contributed by atoms with Crippen LogP contribution >= 0.6 is 0 Å². The molecule has 8 nitrogen and oxygen atoms in total. The Bertz CT molecular complexity index is 868. The van der Waals surface area contributed by atoms with Gasteiger partial charge in [0.25, 0.3) is 0 Å². The highest BCUT2D eigenvalue weighted by Gasteiger charge is 2.28. The number of morpholine rings is 1. The molecule has 2 aliphatic heterocycles. The van der Waals surface area contributed by atoms with Crippen molar-refractivity contribution in [3.05, 3.63) is 53.9 Å². The first-order valence-corrected chi connectivity index (χ1v) is 9.16. The second kappa shape index (κ2) is 9.29. The number of allylic oxidation sites excluding steroid dienone is 2. The molecule has 8 heteroatoms. The molecular formula is C21H24N2O6. The Kier molecular flexibility index (Phi) is 6.56. The number of esters is 2. The lowest BCUT2D eigenvalue weighted by Gasteiger charge is -2.31. The van der Waals surface area contributed by atoms with E-state index >= 15 is 0 Å². The highest BCUT2D eigenvalue weighted by molar-refractivity contribution is 6.05. The lowest BCUT2D eigenvalue weighted by Crippen LogP contribution is -2.36. The van der Waals surface area contributed by atoms with Crippen molar-refractivity contribution in [2.75, 3.05) is 57.4 Å². The van der Waals surface area contributed by atoms with Gasteiger partial charge in [0.15, 0.2) is 0 Å². The van der Waals surface area contributed by atoms with Crippen molar-refractivity contribution in [3.63, 3.8) is 0 Å². The van der Waals surface area contributed by atoms with Crippen LogP contribution < -0.4 is 14.5 Å². The molecule has 0 spiro atoms. The van der Waals surface area contributed by atoms with E-state index in [4.69, 9.17) is 18.9 Å². The zero-order valence-electron chi connectivity index (χ0n) is 16.7.